The van der Waals surface area contributed by atoms with Gasteiger partial charge in [0.25, 0.3) is 0 Å². The van der Waals surface area contributed by atoms with E-state index in [2.05, 4.69) is 10.6 Å². The first-order valence-corrected chi connectivity index (χ1v) is 7.40. The molecule has 1 aliphatic carbocycles. The molecule has 2 heterocycles. The maximum absolute atomic E-state index is 9.03. The molecular formula is C16H17N3O. The zero-order valence-corrected chi connectivity index (χ0v) is 11.4. The number of imidazole rings is 1. The molecule has 2 aromatic rings. The lowest BCUT2D eigenvalue weighted by atomic mass is 10.1. The average molecular weight is 267 g/mol. The van der Waals surface area contributed by atoms with Crippen LogP contribution in [0.25, 0.3) is 11.0 Å². The highest BCUT2D eigenvalue weighted by atomic mass is 16.5. The topological polar surface area (TPSA) is 50.8 Å². The molecule has 4 heteroatoms. The van der Waals surface area contributed by atoms with E-state index in [9.17, 15) is 0 Å². The molecule has 0 radical (unpaired) electrons. The Labute approximate surface area is 118 Å². The van der Waals surface area contributed by atoms with E-state index in [1.165, 1.54) is 19.3 Å². The van der Waals surface area contributed by atoms with Gasteiger partial charge in [0.05, 0.1) is 22.7 Å². The summed E-state index contributed by atoms with van der Waals surface area (Å²) in [7, 11) is 0. The van der Waals surface area contributed by atoms with Crippen LogP contribution in [0, 0.1) is 11.3 Å². The van der Waals surface area contributed by atoms with E-state index in [1.54, 1.807) is 0 Å². The van der Waals surface area contributed by atoms with Gasteiger partial charge >= 0.3 is 0 Å². The van der Waals surface area contributed by atoms with Gasteiger partial charge in [0.2, 0.25) is 0 Å². The smallest absolute Gasteiger partial charge is 0.139 e. The highest BCUT2D eigenvalue weighted by Gasteiger charge is 2.32. The molecular weight excluding hydrogens is 250 g/mol. The van der Waals surface area contributed by atoms with Crippen molar-refractivity contribution < 1.29 is 4.74 Å². The van der Waals surface area contributed by atoms with Crippen LogP contribution in [0.4, 0.5) is 0 Å². The van der Waals surface area contributed by atoms with Crippen molar-refractivity contribution in [1.82, 2.24) is 9.55 Å². The van der Waals surface area contributed by atoms with E-state index in [4.69, 9.17) is 15.0 Å². The third-order valence-corrected chi connectivity index (χ3v) is 4.23. The van der Waals surface area contributed by atoms with Crippen LogP contribution in [0.2, 0.25) is 0 Å². The minimum atomic E-state index is 0.127. The molecule has 1 saturated carbocycles. The van der Waals surface area contributed by atoms with E-state index in [-0.39, 0.29) is 6.10 Å². The predicted octanol–water partition coefficient (Wildman–Crippen LogP) is 3.48. The number of nitrogens with zero attached hydrogens (tertiary/aromatic N) is 3. The fraction of sp³-hybridized carbons (Fsp3) is 0.500. The summed E-state index contributed by atoms with van der Waals surface area (Å²) in [6.45, 7) is 0.835. The standard InChI is InChI=1S/C16H17N3O/c17-10-11-4-7-14-13(9-11)18-16(19(14)12-5-6-12)15-3-1-2-8-20-15/h4,7,9,12,15H,1-3,5-6,8H2. The Morgan fingerprint density at radius 3 is 2.85 bits per heavy atom. The number of hydrogen-bond acceptors (Lipinski definition) is 3. The molecule has 0 bridgehead atoms. The molecule has 1 aliphatic heterocycles. The van der Waals surface area contributed by atoms with Crippen LogP contribution in [0.1, 0.15) is 55.6 Å². The Hall–Kier alpha value is -1.86. The van der Waals surface area contributed by atoms with E-state index < -0.39 is 0 Å². The summed E-state index contributed by atoms with van der Waals surface area (Å²) in [5, 5.41) is 9.03. The molecule has 2 aliphatic rings. The van der Waals surface area contributed by atoms with Crippen LogP contribution in [-0.4, -0.2) is 16.2 Å². The fourth-order valence-corrected chi connectivity index (χ4v) is 3.07. The van der Waals surface area contributed by atoms with Gasteiger partial charge in [-0.25, -0.2) is 4.98 Å². The van der Waals surface area contributed by atoms with Gasteiger partial charge in [-0.05, 0) is 50.3 Å². The number of hydrogen-bond donors (Lipinski definition) is 0. The predicted molar refractivity (Wildman–Crippen MR) is 75.3 cm³/mol. The van der Waals surface area contributed by atoms with Crippen LogP contribution in [0.15, 0.2) is 18.2 Å². The summed E-state index contributed by atoms with van der Waals surface area (Å²) >= 11 is 0. The maximum Gasteiger partial charge on any atom is 0.139 e. The van der Waals surface area contributed by atoms with Crippen molar-refractivity contribution in [3.63, 3.8) is 0 Å². The molecule has 0 N–H and O–H groups in total. The van der Waals surface area contributed by atoms with Crippen molar-refractivity contribution in [2.75, 3.05) is 6.61 Å². The molecule has 4 rings (SSSR count). The van der Waals surface area contributed by atoms with Crippen LogP contribution < -0.4 is 0 Å². The van der Waals surface area contributed by atoms with Crippen LogP contribution in [0.3, 0.4) is 0 Å². The number of fused-ring (bicyclic) bond motifs is 1. The molecule has 1 unspecified atom stereocenters. The zero-order chi connectivity index (χ0) is 13.5. The van der Waals surface area contributed by atoms with E-state index in [0.717, 1.165) is 36.3 Å². The molecule has 0 spiro atoms. The van der Waals surface area contributed by atoms with Crippen LogP contribution >= 0.6 is 0 Å². The molecule has 0 amide bonds. The quantitative estimate of drug-likeness (QED) is 0.837. The third kappa shape index (κ3) is 1.90. The SMILES string of the molecule is N#Cc1ccc2c(c1)nc(C1CCCCO1)n2C1CC1. The average Bonchev–Trinajstić information content (AvgIpc) is 3.27. The molecule has 1 aromatic heterocycles. The number of nitriles is 1. The van der Waals surface area contributed by atoms with Gasteiger partial charge in [-0.1, -0.05) is 0 Å². The second kappa shape index (κ2) is 4.60. The van der Waals surface area contributed by atoms with Crippen molar-refractivity contribution in [1.29, 1.82) is 5.26 Å². The first-order valence-electron chi connectivity index (χ1n) is 7.40. The first kappa shape index (κ1) is 11.9. The minimum absolute atomic E-state index is 0.127. The van der Waals surface area contributed by atoms with Crippen LogP contribution in [-0.2, 0) is 4.74 Å². The van der Waals surface area contributed by atoms with Gasteiger partial charge in [-0.15, -0.1) is 0 Å². The molecule has 4 nitrogen and oxygen atoms in total. The van der Waals surface area contributed by atoms with Crippen LogP contribution in [0.5, 0.6) is 0 Å². The zero-order valence-electron chi connectivity index (χ0n) is 11.4. The van der Waals surface area contributed by atoms with Gasteiger partial charge in [-0.2, -0.15) is 5.26 Å². The fourth-order valence-electron chi connectivity index (χ4n) is 3.07. The van der Waals surface area contributed by atoms with E-state index in [1.807, 2.05) is 18.2 Å². The van der Waals surface area contributed by atoms with Crippen molar-refractivity contribution in [3.05, 3.63) is 29.6 Å². The van der Waals surface area contributed by atoms with Gasteiger partial charge < -0.3 is 9.30 Å². The maximum atomic E-state index is 9.03. The normalized spacial score (nSPS) is 22.9. The lowest BCUT2D eigenvalue weighted by molar-refractivity contribution is 0.00761. The van der Waals surface area contributed by atoms with Crippen molar-refractivity contribution in [2.24, 2.45) is 0 Å². The Kier molecular flexibility index (Phi) is 2.75. The summed E-state index contributed by atoms with van der Waals surface area (Å²) in [4.78, 5) is 4.79. The molecule has 20 heavy (non-hydrogen) atoms. The highest BCUT2D eigenvalue weighted by molar-refractivity contribution is 5.78. The number of rotatable bonds is 2. The highest BCUT2D eigenvalue weighted by Crippen LogP contribution is 2.41. The van der Waals surface area contributed by atoms with Gasteiger partial charge in [0, 0.05) is 12.6 Å². The van der Waals surface area contributed by atoms with Crippen molar-refractivity contribution in [3.8, 4) is 6.07 Å². The van der Waals surface area contributed by atoms with Gasteiger partial charge in [0.15, 0.2) is 0 Å². The second-order valence-corrected chi connectivity index (χ2v) is 5.74. The monoisotopic (exact) mass is 267 g/mol. The first-order chi connectivity index (χ1) is 9.86. The minimum Gasteiger partial charge on any atom is -0.370 e. The van der Waals surface area contributed by atoms with Gasteiger partial charge in [-0.3, -0.25) is 0 Å². The Morgan fingerprint density at radius 1 is 1.25 bits per heavy atom. The Bertz CT molecular complexity index is 688. The largest absolute Gasteiger partial charge is 0.370 e. The molecule has 2 fully saturated rings. The van der Waals surface area contributed by atoms with E-state index >= 15 is 0 Å². The summed E-state index contributed by atoms with van der Waals surface area (Å²) in [6, 6.07) is 8.58. The number of ether oxygens (including phenoxy) is 1. The number of benzene rings is 1. The van der Waals surface area contributed by atoms with Gasteiger partial charge in [0.1, 0.15) is 11.9 Å². The summed E-state index contributed by atoms with van der Waals surface area (Å²) in [6.07, 6.45) is 6.00. The molecule has 1 atom stereocenters. The lowest BCUT2D eigenvalue weighted by Gasteiger charge is -2.23. The summed E-state index contributed by atoms with van der Waals surface area (Å²) in [5.41, 5.74) is 2.75. The molecule has 1 aromatic carbocycles. The second-order valence-electron chi connectivity index (χ2n) is 5.74. The van der Waals surface area contributed by atoms with Crippen molar-refractivity contribution >= 4 is 11.0 Å². The summed E-state index contributed by atoms with van der Waals surface area (Å²) in [5.74, 6) is 1.07. The third-order valence-electron chi connectivity index (χ3n) is 4.23. The molecule has 102 valence electrons. The Morgan fingerprint density at radius 2 is 2.15 bits per heavy atom. The molecule has 1 saturated heterocycles. The van der Waals surface area contributed by atoms with Crippen molar-refractivity contribution in [2.45, 2.75) is 44.2 Å². The Balaban J connectivity index is 1.85. The van der Waals surface area contributed by atoms with E-state index in [0.29, 0.717) is 11.6 Å². The summed E-state index contributed by atoms with van der Waals surface area (Å²) < 4.78 is 8.27. The lowest BCUT2D eigenvalue weighted by Crippen LogP contribution is -2.16. The number of aromatic nitrogens is 2.